The Balaban J connectivity index is 1.23. The molecule has 1 nitrogen and oxygen atoms in total. The van der Waals surface area contributed by atoms with Gasteiger partial charge in [0, 0.05) is 10.8 Å². The maximum Gasteiger partial charge on any atom is 0.135 e. The van der Waals surface area contributed by atoms with E-state index in [0.717, 1.165) is 21.9 Å². The van der Waals surface area contributed by atoms with Crippen LogP contribution in [0.5, 0.6) is 0 Å². The number of hydrogen-bond acceptors (Lipinski definition) is 1. The molecule has 0 unspecified atom stereocenters. The van der Waals surface area contributed by atoms with Gasteiger partial charge in [-0.15, -0.1) is 0 Å². The Morgan fingerprint density at radius 2 is 0.977 bits per heavy atom. The van der Waals surface area contributed by atoms with Crippen molar-refractivity contribution >= 4 is 54.3 Å². The molecule has 9 aromatic rings. The lowest BCUT2D eigenvalue weighted by molar-refractivity contribution is 0.669. The zero-order valence-corrected chi connectivity index (χ0v) is 24.1. The van der Waals surface area contributed by atoms with Crippen LogP contribution in [0.25, 0.3) is 87.6 Å². The van der Waals surface area contributed by atoms with Gasteiger partial charge in [-0.05, 0) is 115 Å². The SMILES string of the molecule is Cc1ccccc1-c1cccc(-c2ccc3oc4ccc(-c5ccc6ccc7cccc8ccc5c6c78)cc4c3c2)c1C. The smallest absolute Gasteiger partial charge is 0.135 e. The highest BCUT2D eigenvalue weighted by molar-refractivity contribution is 6.25. The van der Waals surface area contributed by atoms with Crippen molar-refractivity contribution in [1.29, 1.82) is 0 Å². The van der Waals surface area contributed by atoms with Crippen molar-refractivity contribution < 1.29 is 4.42 Å². The first-order valence-corrected chi connectivity index (χ1v) is 14.9. The molecule has 43 heavy (non-hydrogen) atoms. The second kappa shape index (κ2) is 9.05. The van der Waals surface area contributed by atoms with Gasteiger partial charge < -0.3 is 4.42 Å². The van der Waals surface area contributed by atoms with Crippen LogP contribution in [0.1, 0.15) is 11.1 Å². The molecule has 0 aliphatic rings. The van der Waals surface area contributed by atoms with Crippen LogP contribution in [0, 0.1) is 13.8 Å². The molecule has 0 bridgehead atoms. The summed E-state index contributed by atoms with van der Waals surface area (Å²) in [6.07, 6.45) is 0. The van der Waals surface area contributed by atoms with Crippen LogP contribution in [0.4, 0.5) is 0 Å². The average molecular weight is 549 g/mol. The normalized spacial score (nSPS) is 12.0. The van der Waals surface area contributed by atoms with Crippen LogP contribution < -0.4 is 0 Å². The second-order valence-electron chi connectivity index (χ2n) is 11.8. The molecular formula is C42H28O. The minimum atomic E-state index is 0.916. The number of hydrogen-bond donors (Lipinski definition) is 0. The minimum Gasteiger partial charge on any atom is -0.456 e. The van der Waals surface area contributed by atoms with E-state index in [1.54, 1.807) is 0 Å². The highest BCUT2D eigenvalue weighted by Crippen LogP contribution is 2.42. The van der Waals surface area contributed by atoms with Crippen molar-refractivity contribution in [2.45, 2.75) is 13.8 Å². The van der Waals surface area contributed by atoms with Gasteiger partial charge in [-0.1, -0.05) is 109 Å². The molecule has 8 aromatic carbocycles. The zero-order valence-electron chi connectivity index (χ0n) is 24.1. The summed E-state index contributed by atoms with van der Waals surface area (Å²) in [5.74, 6) is 0. The molecule has 0 saturated carbocycles. The first-order valence-electron chi connectivity index (χ1n) is 14.9. The van der Waals surface area contributed by atoms with Crippen molar-refractivity contribution in [1.82, 2.24) is 0 Å². The largest absolute Gasteiger partial charge is 0.456 e. The van der Waals surface area contributed by atoms with Gasteiger partial charge in [0.25, 0.3) is 0 Å². The van der Waals surface area contributed by atoms with Gasteiger partial charge in [0.1, 0.15) is 11.2 Å². The molecule has 0 fully saturated rings. The van der Waals surface area contributed by atoms with Crippen molar-refractivity contribution in [3.63, 3.8) is 0 Å². The summed E-state index contributed by atoms with van der Waals surface area (Å²) >= 11 is 0. The molecule has 0 atom stereocenters. The molecule has 0 aliphatic heterocycles. The maximum absolute atomic E-state index is 6.35. The molecule has 0 saturated heterocycles. The van der Waals surface area contributed by atoms with Crippen LogP contribution in [0.3, 0.4) is 0 Å². The highest BCUT2D eigenvalue weighted by atomic mass is 16.3. The van der Waals surface area contributed by atoms with Crippen molar-refractivity contribution in [3.05, 3.63) is 145 Å². The quantitative estimate of drug-likeness (QED) is 0.200. The lowest BCUT2D eigenvalue weighted by atomic mass is 9.89. The summed E-state index contributed by atoms with van der Waals surface area (Å²) in [5, 5.41) is 10.1. The zero-order chi connectivity index (χ0) is 28.7. The van der Waals surface area contributed by atoms with Gasteiger partial charge in [0.2, 0.25) is 0 Å². The number of benzene rings is 8. The van der Waals surface area contributed by atoms with Crippen LogP contribution in [0.15, 0.2) is 138 Å². The molecule has 1 aromatic heterocycles. The summed E-state index contributed by atoms with van der Waals surface area (Å²) in [7, 11) is 0. The lowest BCUT2D eigenvalue weighted by Gasteiger charge is -2.14. The standard InChI is InChI=1S/C42H28O/c1-25-7-3-4-10-32(25)34-12-6-11-33(26(34)2)30-17-21-39-37(23-30)38-24-31(18-22-40(38)43-39)35-19-15-29-14-13-27-8-5-9-28-16-20-36(35)42(29)41(27)28/h3-24H,1-2H3. The lowest BCUT2D eigenvalue weighted by Crippen LogP contribution is -1.90. The monoisotopic (exact) mass is 548 g/mol. The third kappa shape index (κ3) is 3.58. The summed E-state index contributed by atoms with van der Waals surface area (Å²) < 4.78 is 6.35. The molecule has 1 heterocycles. The number of fused-ring (bicyclic) bond motifs is 3. The third-order valence-corrected chi connectivity index (χ3v) is 9.39. The third-order valence-electron chi connectivity index (χ3n) is 9.39. The molecule has 1 heteroatoms. The first-order chi connectivity index (χ1) is 21.1. The van der Waals surface area contributed by atoms with Crippen LogP contribution in [0.2, 0.25) is 0 Å². The van der Waals surface area contributed by atoms with Gasteiger partial charge in [-0.3, -0.25) is 0 Å². The van der Waals surface area contributed by atoms with Gasteiger partial charge in [0.15, 0.2) is 0 Å². The van der Waals surface area contributed by atoms with E-state index in [1.807, 2.05) is 0 Å². The molecule has 0 aliphatic carbocycles. The number of rotatable bonds is 3. The van der Waals surface area contributed by atoms with E-state index < -0.39 is 0 Å². The van der Waals surface area contributed by atoms with Gasteiger partial charge in [0.05, 0.1) is 0 Å². The maximum atomic E-state index is 6.35. The van der Waals surface area contributed by atoms with Crippen LogP contribution >= 0.6 is 0 Å². The van der Waals surface area contributed by atoms with E-state index >= 15 is 0 Å². The first kappa shape index (κ1) is 24.2. The van der Waals surface area contributed by atoms with Gasteiger partial charge in [-0.25, -0.2) is 0 Å². The average Bonchev–Trinajstić information content (AvgIpc) is 3.41. The molecule has 0 amide bonds. The molecule has 0 radical (unpaired) electrons. The Morgan fingerprint density at radius 1 is 0.395 bits per heavy atom. The highest BCUT2D eigenvalue weighted by Gasteiger charge is 2.16. The fraction of sp³-hybridized carbons (Fsp3) is 0.0476. The van der Waals surface area contributed by atoms with E-state index in [0.29, 0.717) is 0 Å². The van der Waals surface area contributed by atoms with Crippen molar-refractivity contribution in [3.8, 4) is 33.4 Å². The van der Waals surface area contributed by atoms with Crippen molar-refractivity contribution in [2.24, 2.45) is 0 Å². The Labute approximate surface area is 250 Å². The summed E-state index contributed by atoms with van der Waals surface area (Å²) in [5.41, 5.74) is 11.9. The summed E-state index contributed by atoms with van der Waals surface area (Å²) in [6.45, 7) is 4.42. The summed E-state index contributed by atoms with van der Waals surface area (Å²) in [6, 6.07) is 48.7. The number of aryl methyl sites for hydroxylation is 1. The molecule has 0 spiro atoms. The molecule has 0 N–H and O–H groups in total. The Bertz CT molecular complexity index is 2510. The minimum absolute atomic E-state index is 0.916. The van der Waals surface area contributed by atoms with Crippen molar-refractivity contribution in [2.75, 3.05) is 0 Å². The molecule has 9 rings (SSSR count). The van der Waals surface area contributed by atoms with E-state index in [4.69, 9.17) is 4.42 Å². The molecule has 202 valence electrons. The van der Waals surface area contributed by atoms with Crippen LogP contribution in [-0.2, 0) is 0 Å². The Hall–Kier alpha value is -5.40. The van der Waals surface area contributed by atoms with E-state index in [-0.39, 0.29) is 0 Å². The Morgan fingerprint density at radius 3 is 1.72 bits per heavy atom. The Kier molecular flexibility index (Phi) is 5.10. The van der Waals surface area contributed by atoms with E-state index in [1.165, 1.54) is 76.8 Å². The fourth-order valence-corrected chi connectivity index (χ4v) is 7.21. The summed E-state index contributed by atoms with van der Waals surface area (Å²) in [4.78, 5) is 0. The van der Waals surface area contributed by atoms with Crippen LogP contribution in [-0.4, -0.2) is 0 Å². The fourth-order valence-electron chi connectivity index (χ4n) is 7.21. The topological polar surface area (TPSA) is 13.1 Å². The predicted molar refractivity (Wildman–Crippen MR) is 183 cm³/mol. The number of furan rings is 1. The van der Waals surface area contributed by atoms with Gasteiger partial charge in [-0.2, -0.15) is 0 Å². The van der Waals surface area contributed by atoms with Gasteiger partial charge >= 0.3 is 0 Å². The van der Waals surface area contributed by atoms with E-state index in [9.17, 15) is 0 Å². The second-order valence-corrected chi connectivity index (χ2v) is 11.8. The predicted octanol–water partition coefficient (Wildman–Crippen LogP) is 12.1. The van der Waals surface area contributed by atoms with E-state index in [2.05, 4.69) is 147 Å². The molecular weight excluding hydrogens is 520 g/mol.